The third kappa shape index (κ3) is 1.79. The number of benzene rings is 1. The number of halogens is 1. The molecule has 0 aromatic heterocycles. The van der Waals surface area contributed by atoms with Gasteiger partial charge in [-0.2, -0.15) is 0 Å². The van der Waals surface area contributed by atoms with Crippen LogP contribution in [0.2, 0.25) is 0 Å². The Hall–Kier alpha value is -0.540. The molecular weight excluding hydrogens is 256 g/mol. The first-order valence-corrected chi connectivity index (χ1v) is 6.17. The molecule has 0 bridgehead atoms. The maximum atomic E-state index is 10.0. The van der Waals surface area contributed by atoms with E-state index in [1.165, 1.54) is 12.8 Å². The molecule has 1 unspecified atom stereocenters. The monoisotopic (exact) mass is 268 g/mol. The van der Waals surface area contributed by atoms with E-state index in [0.29, 0.717) is 5.92 Å². The summed E-state index contributed by atoms with van der Waals surface area (Å²) in [6.07, 6.45) is 3.12. The first-order chi connectivity index (χ1) is 7.24. The minimum atomic E-state index is -0.364. The van der Waals surface area contributed by atoms with Gasteiger partial charge in [-0.1, -0.05) is 15.9 Å². The van der Waals surface area contributed by atoms with Gasteiger partial charge >= 0.3 is 0 Å². The van der Waals surface area contributed by atoms with Crippen molar-refractivity contribution in [2.24, 2.45) is 5.92 Å². The van der Waals surface area contributed by atoms with Crippen LogP contribution in [0.15, 0.2) is 22.7 Å². The number of rotatable bonds is 1. The van der Waals surface area contributed by atoms with Crippen LogP contribution in [-0.4, -0.2) is 11.2 Å². The lowest BCUT2D eigenvalue weighted by Crippen LogP contribution is -2.27. The largest absolute Gasteiger partial charge is 0.490 e. The second kappa shape index (κ2) is 3.49. The smallest absolute Gasteiger partial charge is 0.125 e. The summed E-state index contributed by atoms with van der Waals surface area (Å²) in [5.41, 5.74) is 0.918. The number of hydrogen-bond acceptors (Lipinski definition) is 2. The predicted molar refractivity (Wildman–Crippen MR) is 60.9 cm³/mol. The summed E-state index contributed by atoms with van der Waals surface area (Å²) in [6.45, 7) is 0. The van der Waals surface area contributed by atoms with Crippen LogP contribution in [0, 0.1) is 5.92 Å². The zero-order chi connectivity index (χ0) is 10.4. The zero-order valence-corrected chi connectivity index (χ0v) is 9.90. The van der Waals surface area contributed by atoms with Crippen molar-refractivity contribution >= 4 is 15.9 Å². The van der Waals surface area contributed by atoms with Crippen LogP contribution in [0.1, 0.15) is 30.9 Å². The molecule has 3 rings (SSSR count). The molecular formula is C12H13BrO2. The molecule has 1 saturated carbocycles. The van der Waals surface area contributed by atoms with Gasteiger partial charge in [0.2, 0.25) is 0 Å². The molecule has 1 aromatic carbocycles. The van der Waals surface area contributed by atoms with Gasteiger partial charge in [0.15, 0.2) is 0 Å². The summed E-state index contributed by atoms with van der Waals surface area (Å²) >= 11 is 3.41. The third-order valence-electron chi connectivity index (χ3n) is 3.21. The Labute approximate surface area is 97.4 Å². The van der Waals surface area contributed by atoms with Crippen molar-refractivity contribution in [1.29, 1.82) is 0 Å². The third-order valence-corrected chi connectivity index (χ3v) is 3.71. The molecule has 0 radical (unpaired) electrons. The van der Waals surface area contributed by atoms with Gasteiger partial charge in [0, 0.05) is 16.5 Å². The van der Waals surface area contributed by atoms with Crippen LogP contribution in [0.25, 0.3) is 0 Å². The summed E-state index contributed by atoms with van der Waals surface area (Å²) in [6, 6.07) is 5.85. The number of ether oxygens (including phenoxy) is 1. The Morgan fingerprint density at radius 2 is 2.13 bits per heavy atom. The average molecular weight is 269 g/mol. The van der Waals surface area contributed by atoms with Crippen LogP contribution >= 0.6 is 15.9 Å². The van der Waals surface area contributed by atoms with E-state index in [9.17, 15) is 5.11 Å². The highest BCUT2D eigenvalue weighted by Crippen LogP contribution is 2.44. The number of hydrogen-bond donors (Lipinski definition) is 1. The molecule has 1 N–H and O–H groups in total. The van der Waals surface area contributed by atoms with E-state index in [4.69, 9.17) is 4.74 Å². The van der Waals surface area contributed by atoms with Crippen molar-refractivity contribution in [2.45, 2.75) is 31.5 Å². The first kappa shape index (κ1) is 9.67. The minimum Gasteiger partial charge on any atom is -0.490 e. The molecule has 1 aromatic rings. The summed E-state index contributed by atoms with van der Waals surface area (Å²) in [5.74, 6) is 1.53. The first-order valence-electron chi connectivity index (χ1n) is 5.38. The highest BCUT2D eigenvalue weighted by Gasteiger charge is 2.38. The highest BCUT2D eigenvalue weighted by molar-refractivity contribution is 9.10. The molecule has 1 fully saturated rings. The molecule has 1 aliphatic carbocycles. The van der Waals surface area contributed by atoms with E-state index in [0.717, 1.165) is 22.2 Å². The van der Waals surface area contributed by atoms with Gasteiger partial charge in [0.25, 0.3) is 0 Å². The fourth-order valence-corrected chi connectivity index (χ4v) is 2.58. The van der Waals surface area contributed by atoms with E-state index in [-0.39, 0.29) is 12.2 Å². The quantitative estimate of drug-likeness (QED) is 0.849. The van der Waals surface area contributed by atoms with Crippen molar-refractivity contribution in [3.63, 3.8) is 0 Å². The fraction of sp³-hybridized carbons (Fsp3) is 0.500. The van der Waals surface area contributed by atoms with Crippen molar-refractivity contribution in [2.75, 3.05) is 0 Å². The van der Waals surface area contributed by atoms with E-state index in [2.05, 4.69) is 15.9 Å². The van der Waals surface area contributed by atoms with Crippen molar-refractivity contribution in [1.82, 2.24) is 0 Å². The van der Waals surface area contributed by atoms with Gasteiger partial charge < -0.3 is 9.84 Å². The van der Waals surface area contributed by atoms with Crippen LogP contribution in [0.4, 0.5) is 0 Å². The standard InChI is InChI=1S/C12H13BrO2/c13-8-3-4-11-9(5-8)10(14)6-12(15-11)7-1-2-7/h3-5,7,10,12,14H,1-2,6H2/t10-,12?/m0/s1. The van der Waals surface area contributed by atoms with Crippen LogP contribution in [0.3, 0.4) is 0 Å². The van der Waals surface area contributed by atoms with Gasteiger partial charge in [-0.25, -0.2) is 0 Å². The van der Waals surface area contributed by atoms with Crippen molar-refractivity contribution in [3.05, 3.63) is 28.2 Å². The van der Waals surface area contributed by atoms with Crippen LogP contribution < -0.4 is 4.74 Å². The van der Waals surface area contributed by atoms with Gasteiger partial charge in [-0.15, -0.1) is 0 Å². The van der Waals surface area contributed by atoms with Crippen LogP contribution in [-0.2, 0) is 0 Å². The lowest BCUT2D eigenvalue weighted by Gasteiger charge is -2.29. The highest BCUT2D eigenvalue weighted by atomic mass is 79.9. The molecule has 2 aliphatic rings. The van der Waals surface area contributed by atoms with E-state index >= 15 is 0 Å². The second-order valence-electron chi connectivity index (χ2n) is 4.43. The molecule has 1 heterocycles. The summed E-state index contributed by atoms with van der Waals surface area (Å²) in [7, 11) is 0. The number of fused-ring (bicyclic) bond motifs is 1. The fourth-order valence-electron chi connectivity index (χ4n) is 2.20. The zero-order valence-electron chi connectivity index (χ0n) is 8.32. The molecule has 80 valence electrons. The number of aliphatic hydroxyl groups is 1. The maximum absolute atomic E-state index is 10.0. The Bertz CT molecular complexity index is 387. The predicted octanol–water partition coefficient (Wildman–Crippen LogP) is 3.04. The van der Waals surface area contributed by atoms with Gasteiger partial charge in [-0.3, -0.25) is 0 Å². The Morgan fingerprint density at radius 1 is 1.33 bits per heavy atom. The average Bonchev–Trinajstić information content (AvgIpc) is 3.02. The lowest BCUT2D eigenvalue weighted by atomic mass is 9.97. The lowest BCUT2D eigenvalue weighted by molar-refractivity contribution is 0.0550. The van der Waals surface area contributed by atoms with Gasteiger partial charge in [-0.05, 0) is 37.0 Å². The SMILES string of the molecule is O[C@H]1CC(C2CC2)Oc2ccc(Br)cc21. The molecule has 1 aliphatic heterocycles. The molecule has 2 nitrogen and oxygen atoms in total. The van der Waals surface area contributed by atoms with E-state index in [1.807, 2.05) is 18.2 Å². The molecule has 0 amide bonds. The molecule has 0 saturated heterocycles. The topological polar surface area (TPSA) is 29.5 Å². The minimum absolute atomic E-state index is 0.230. The van der Waals surface area contributed by atoms with Crippen molar-refractivity contribution < 1.29 is 9.84 Å². The maximum Gasteiger partial charge on any atom is 0.125 e. The van der Waals surface area contributed by atoms with Gasteiger partial charge in [0.1, 0.15) is 11.9 Å². The Balaban J connectivity index is 1.93. The molecule has 2 atom stereocenters. The molecule has 15 heavy (non-hydrogen) atoms. The summed E-state index contributed by atoms with van der Waals surface area (Å²) < 4.78 is 6.89. The molecule has 0 spiro atoms. The summed E-state index contributed by atoms with van der Waals surface area (Å²) in [4.78, 5) is 0. The van der Waals surface area contributed by atoms with Crippen molar-refractivity contribution in [3.8, 4) is 5.75 Å². The van der Waals surface area contributed by atoms with E-state index < -0.39 is 0 Å². The second-order valence-corrected chi connectivity index (χ2v) is 5.34. The number of aliphatic hydroxyl groups excluding tert-OH is 1. The summed E-state index contributed by atoms with van der Waals surface area (Å²) in [5, 5.41) is 10.0. The Kier molecular flexibility index (Phi) is 2.25. The van der Waals surface area contributed by atoms with E-state index in [1.54, 1.807) is 0 Å². The molecule has 3 heteroatoms. The van der Waals surface area contributed by atoms with Crippen LogP contribution in [0.5, 0.6) is 5.75 Å². The van der Waals surface area contributed by atoms with Gasteiger partial charge in [0.05, 0.1) is 6.10 Å². The Morgan fingerprint density at radius 3 is 2.87 bits per heavy atom. The normalized spacial score (nSPS) is 29.5.